The molecule has 0 atom stereocenters. The van der Waals surface area contributed by atoms with Gasteiger partial charge in [-0.3, -0.25) is 30.3 Å². The van der Waals surface area contributed by atoms with Crippen LogP contribution in [-0.2, 0) is 0 Å². The average Bonchev–Trinajstić information content (AvgIpc) is 3.14. The normalized spacial score (nSPS) is 10.3. The molecular weight excluding hydrogens is 394 g/mol. The van der Waals surface area contributed by atoms with Gasteiger partial charge in [0.25, 0.3) is 5.91 Å². The van der Waals surface area contributed by atoms with E-state index in [2.05, 4.69) is 41.7 Å². The highest BCUT2D eigenvalue weighted by Gasteiger charge is 2.24. The van der Waals surface area contributed by atoms with E-state index in [1.165, 1.54) is 23.3 Å². The summed E-state index contributed by atoms with van der Waals surface area (Å²) >= 11 is 3.27. The van der Waals surface area contributed by atoms with Crippen molar-refractivity contribution < 1.29 is 9.72 Å². The lowest BCUT2D eigenvalue weighted by Gasteiger charge is -2.10. The predicted octanol–water partition coefficient (Wildman–Crippen LogP) is 2.09. The third-order valence-electron chi connectivity index (χ3n) is 3.15. The summed E-state index contributed by atoms with van der Waals surface area (Å²) in [7, 11) is 0. The number of hydrazine groups is 1. The highest BCUT2D eigenvalue weighted by molar-refractivity contribution is 9.10. The van der Waals surface area contributed by atoms with Gasteiger partial charge in [0, 0.05) is 16.9 Å². The van der Waals surface area contributed by atoms with Gasteiger partial charge in [-0.15, -0.1) is 0 Å². The van der Waals surface area contributed by atoms with Gasteiger partial charge in [0.2, 0.25) is 11.6 Å². The lowest BCUT2D eigenvalue weighted by atomic mass is 10.2. The Bertz CT molecular complexity index is 930. The molecular formula is C14H10BrN7O3. The fraction of sp³-hybridized carbons (Fsp3) is 0. The van der Waals surface area contributed by atoms with Gasteiger partial charge in [0.1, 0.15) is 12.7 Å². The van der Waals surface area contributed by atoms with Crippen LogP contribution < -0.4 is 10.9 Å². The molecule has 0 saturated heterocycles. The van der Waals surface area contributed by atoms with Crippen LogP contribution in [0.4, 0.5) is 11.5 Å². The van der Waals surface area contributed by atoms with Crippen molar-refractivity contribution in [2.75, 3.05) is 5.43 Å². The van der Waals surface area contributed by atoms with Crippen molar-refractivity contribution in [2.45, 2.75) is 0 Å². The first-order valence-corrected chi connectivity index (χ1v) is 7.66. The minimum absolute atomic E-state index is 0.0233. The number of hydrogen-bond donors (Lipinski definition) is 2. The standard InChI is InChI=1S/C14H10BrN7O3/c15-10-4-2-1-3-9(10)14(23)20-19-12-11(22(24)25)13(18-7-17-12)21-6-5-16-8-21/h1-8H,(H,20,23)(H,17,18,19). The number of rotatable bonds is 5. The summed E-state index contributed by atoms with van der Waals surface area (Å²) in [5.74, 6) is -0.608. The molecule has 0 saturated carbocycles. The number of imidazole rings is 1. The maximum absolute atomic E-state index is 12.2. The lowest BCUT2D eigenvalue weighted by Crippen LogP contribution is -2.30. The molecule has 0 unspecified atom stereocenters. The van der Waals surface area contributed by atoms with Crippen LogP contribution in [-0.4, -0.2) is 30.3 Å². The molecule has 2 N–H and O–H groups in total. The number of anilines is 1. The first-order chi connectivity index (χ1) is 12.1. The second-order valence-electron chi connectivity index (χ2n) is 4.68. The summed E-state index contributed by atoms with van der Waals surface area (Å²) in [5.41, 5.74) is 4.83. The molecule has 0 spiro atoms. The Morgan fingerprint density at radius 1 is 1.28 bits per heavy atom. The number of nitrogens with one attached hydrogen (secondary N) is 2. The van der Waals surface area contributed by atoms with Gasteiger partial charge in [-0.1, -0.05) is 12.1 Å². The predicted molar refractivity (Wildman–Crippen MR) is 91.0 cm³/mol. The number of carbonyl (C=O) groups is 1. The molecule has 0 aliphatic heterocycles. The van der Waals surface area contributed by atoms with Gasteiger partial charge in [-0.05, 0) is 28.1 Å². The average molecular weight is 404 g/mol. The molecule has 25 heavy (non-hydrogen) atoms. The third kappa shape index (κ3) is 3.45. The van der Waals surface area contributed by atoms with Gasteiger partial charge in [-0.2, -0.15) is 0 Å². The third-order valence-corrected chi connectivity index (χ3v) is 3.84. The van der Waals surface area contributed by atoms with E-state index in [1.807, 2.05) is 0 Å². The highest BCUT2D eigenvalue weighted by atomic mass is 79.9. The van der Waals surface area contributed by atoms with E-state index >= 15 is 0 Å². The van der Waals surface area contributed by atoms with E-state index in [0.717, 1.165) is 6.33 Å². The Kier molecular flexibility index (Phi) is 4.66. The molecule has 126 valence electrons. The number of halogens is 1. The minimum atomic E-state index is -0.637. The van der Waals surface area contributed by atoms with E-state index in [-0.39, 0.29) is 11.6 Å². The molecule has 0 bridgehead atoms. The summed E-state index contributed by atoms with van der Waals surface area (Å²) in [6, 6.07) is 6.77. The molecule has 0 radical (unpaired) electrons. The Morgan fingerprint density at radius 2 is 2.08 bits per heavy atom. The monoisotopic (exact) mass is 403 g/mol. The Balaban J connectivity index is 1.88. The minimum Gasteiger partial charge on any atom is -0.285 e. The molecule has 1 amide bonds. The molecule has 1 aromatic carbocycles. The number of carbonyl (C=O) groups excluding carboxylic acids is 1. The number of nitrogens with zero attached hydrogens (tertiary/aromatic N) is 5. The summed E-state index contributed by atoms with van der Waals surface area (Å²) < 4.78 is 1.96. The fourth-order valence-electron chi connectivity index (χ4n) is 2.03. The smallest absolute Gasteiger partial charge is 0.285 e. The van der Waals surface area contributed by atoms with Crippen LogP contribution in [0.2, 0.25) is 0 Å². The largest absolute Gasteiger partial charge is 0.355 e. The molecule has 0 fully saturated rings. The van der Waals surface area contributed by atoms with E-state index in [4.69, 9.17) is 0 Å². The molecule has 2 aromatic heterocycles. The van der Waals surface area contributed by atoms with Crippen molar-refractivity contribution in [3.8, 4) is 5.82 Å². The zero-order valence-corrected chi connectivity index (χ0v) is 14.0. The van der Waals surface area contributed by atoms with Crippen molar-refractivity contribution in [3.05, 3.63) is 69.5 Å². The zero-order chi connectivity index (χ0) is 17.8. The van der Waals surface area contributed by atoms with Crippen molar-refractivity contribution in [2.24, 2.45) is 0 Å². The Hall–Kier alpha value is -3.34. The van der Waals surface area contributed by atoms with Gasteiger partial charge in [0.05, 0.1) is 10.5 Å². The zero-order valence-electron chi connectivity index (χ0n) is 12.5. The van der Waals surface area contributed by atoms with Gasteiger partial charge < -0.3 is 0 Å². The number of benzene rings is 1. The summed E-state index contributed by atoms with van der Waals surface area (Å²) in [6.45, 7) is 0. The number of hydrogen-bond acceptors (Lipinski definition) is 7. The van der Waals surface area contributed by atoms with Gasteiger partial charge in [0.15, 0.2) is 0 Å². The van der Waals surface area contributed by atoms with Crippen LogP contribution in [0, 0.1) is 10.1 Å². The Labute approximate surface area is 149 Å². The highest BCUT2D eigenvalue weighted by Crippen LogP contribution is 2.27. The van der Waals surface area contributed by atoms with E-state index < -0.39 is 16.5 Å². The maximum Gasteiger partial charge on any atom is 0.355 e. The summed E-state index contributed by atoms with van der Waals surface area (Å²) in [4.78, 5) is 34.6. The van der Waals surface area contributed by atoms with E-state index in [1.54, 1.807) is 24.3 Å². The SMILES string of the molecule is O=C(NNc1ncnc(-n2ccnc2)c1[N+](=O)[O-])c1ccccc1Br. The van der Waals surface area contributed by atoms with Crippen molar-refractivity contribution in [3.63, 3.8) is 0 Å². The second kappa shape index (κ2) is 7.05. The fourth-order valence-corrected chi connectivity index (χ4v) is 2.50. The molecule has 2 heterocycles. The first kappa shape index (κ1) is 16.5. The lowest BCUT2D eigenvalue weighted by molar-refractivity contribution is -0.384. The molecule has 3 rings (SSSR count). The summed E-state index contributed by atoms with van der Waals surface area (Å²) in [6.07, 6.45) is 5.50. The van der Waals surface area contributed by atoms with Crippen LogP contribution in [0.25, 0.3) is 5.82 Å². The van der Waals surface area contributed by atoms with Crippen molar-refractivity contribution in [1.29, 1.82) is 0 Å². The molecule has 10 nitrogen and oxygen atoms in total. The van der Waals surface area contributed by atoms with Crippen LogP contribution in [0.15, 0.2) is 53.8 Å². The van der Waals surface area contributed by atoms with Crippen molar-refractivity contribution >= 4 is 33.3 Å². The Morgan fingerprint density at radius 3 is 2.76 bits per heavy atom. The van der Waals surface area contributed by atoms with Gasteiger partial charge in [-0.25, -0.2) is 15.0 Å². The molecule has 11 heteroatoms. The maximum atomic E-state index is 12.2. The van der Waals surface area contributed by atoms with Gasteiger partial charge >= 0.3 is 5.69 Å². The second-order valence-corrected chi connectivity index (χ2v) is 5.53. The number of nitro groups is 1. The van der Waals surface area contributed by atoms with Crippen LogP contribution in [0.3, 0.4) is 0 Å². The van der Waals surface area contributed by atoms with Crippen LogP contribution >= 0.6 is 15.9 Å². The van der Waals surface area contributed by atoms with E-state index in [9.17, 15) is 14.9 Å². The topological polar surface area (TPSA) is 128 Å². The first-order valence-electron chi connectivity index (χ1n) is 6.86. The molecule has 3 aromatic rings. The quantitative estimate of drug-likeness (QED) is 0.492. The summed E-state index contributed by atoms with van der Waals surface area (Å²) in [5, 5.41) is 11.4. The van der Waals surface area contributed by atoms with Crippen LogP contribution in [0.5, 0.6) is 0 Å². The number of amides is 1. The number of aromatic nitrogens is 4. The molecule has 0 aliphatic rings. The van der Waals surface area contributed by atoms with Crippen molar-refractivity contribution in [1.82, 2.24) is 24.9 Å². The van der Waals surface area contributed by atoms with Crippen LogP contribution in [0.1, 0.15) is 10.4 Å². The van der Waals surface area contributed by atoms with E-state index in [0.29, 0.717) is 10.0 Å². The molecule has 0 aliphatic carbocycles.